The molecule has 1 heterocycles. The largest absolute Gasteiger partial charge is 0.390 e. The molecule has 1 N–H and O–H groups in total. The zero-order chi connectivity index (χ0) is 7.61. The first kappa shape index (κ1) is 8.02. The lowest BCUT2D eigenvalue weighted by Crippen LogP contribution is -2.42. The van der Waals surface area contributed by atoms with Crippen LogP contribution in [0.25, 0.3) is 0 Å². The Bertz CT molecular complexity index is 104. The molecule has 0 aliphatic carbocycles. The van der Waals surface area contributed by atoms with Gasteiger partial charge >= 0.3 is 0 Å². The summed E-state index contributed by atoms with van der Waals surface area (Å²) in [4.78, 5) is 0. The number of ether oxygens (including phenoxy) is 1. The average molecular weight is 144 g/mol. The predicted octanol–water partition coefficient (Wildman–Crippen LogP) is 1.33. The first-order valence-corrected chi connectivity index (χ1v) is 3.97. The maximum atomic E-state index is 9.31. The molecule has 1 saturated heterocycles. The minimum absolute atomic E-state index is 0.266. The number of hydrogen-bond donors (Lipinski definition) is 1. The smallest absolute Gasteiger partial charge is 0.0909 e. The first-order valence-electron chi connectivity index (χ1n) is 3.97. The highest BCUT2D eigenvalue weighted by Crippen LogP contribution is 2.27. The molecule has 1 rings (SSSR count). The van der Waals surface area contributed by atoms with Crippen LogP contribution in [0.5, 0.6) is 0 Å². The van der Waals surface area contributed by atoms with Gasteiger partial charge in [-0.05, 0) is 33.1 Å². The third-order valence-electron chi connectivity index (χ3n) is 2.38. The highest BCUT2D eigenvalue weighted by Gasteiger charge is 2.32. The third kappa shape index (κ3) is 1.50. The van der Waals surface area contributed by atoms with E-state index in [9.17, 15) is 5.11 Å². The van der Waals surface area contributed by atoms with Crippen LogP contribution in [0.3, 0.4) is 0 Å². The van der Waals surface area contributed by atoms with Gasteiger partial charge in [0.15, 0.2) is 0 Å². The average Bonchev–Trinajstić information content (AvgIpc) is 1.89. The topological polar surface area (TPSA) is 29.5 Å². The van der Waals surface area contributed by atoms with E-state index < -0.39 is 0 Å². The third-order valence-corrected chi connectivity index (χ3v) is 2.38. The second-order valence-corrected chi connectivity index (χ2v) is 3.29. The number of aliphatic hydroxyl groups excluding tert-OH is 1. The fourth-order valence-electron chi connectivity index (χ4n) is 1.29. The van der Waals surface area contributed by atoms with Gasteiger partial charge in [-0.25, -0.2) is 0 Å². The summed E-state index contributed by atoms with van der Waals surface area (Å²) in [6, 6.07) is 0. The van der Waals surface area contributed by atoms with Crippen molar-refractivity contribution >= 4 is 0 Å². The molecule has 2 atom stereocenters. The molecule has 0 spiro atoms. The fraction of sp³-hybridized carbons (Fsp3) is 1.00. The Morgan fingerprint density at radius 1 is 1.50 bits per heavy atom. The Balaban J connectivity index is 2.48. The fourth-order valence-corrected chi connectivity index (χ4v) is 1.29. The number of hydrogen-bond acceptors (Lipinski definition) is 2. The molecule has 2 unspecified atom stereocenters. The molecule has 60 valence electrons. The Kier molecular flexibility index (Phi) is 2.32. The van der Waals surface area contributed by atoms with Gasteiger partial charge in [0.25, 0.3) is 0 Å². The molecule has 0 aromatic rings. The molecule has 0 aromatic heterocycles. The van der Waals surface area contributed by atoms with Gasteiger partial charge in [0.1, 0.15) is 0 Å². The summed E-state index contributed by atoms with van der Waals surface area (Å²) < 4.78 is 5.48. The molecule has 0 aromatic carbocycles. The molecular weight excluding hydrogens is 128 g/mol. The molecule has 0 radical (unpaired) electrons. The van der Waals surface area contributed by atoms with E-state index in [1.807, 2.05) is 6.92 Å². The second-order valence-electron chi connectivity index (χ2n) is 3.29. The number of aliphatic hydroxyl groups is 1. The molecular formula is C8H16O2. The molecule has 0 amide bonds. The molecule has 1 aliphatic heterocycles. The molecule has 2 nitrogen and oxygen atoms in total. The van der Waals surface area contributed by atoms with Crippen molar-refractivity contribution in [1.29, 1.82) is 0 Å². The van der Waals surface area contributed by atoms with Gasteiger partial charge in [-0.2, -0.15) is 0 Å². The lowest BCUT2D eigenvalue weighted by molar-refractivity contribution is -0.129. The maximum absolute atomic E-state index is 9.31. The van der Waals surface area contributed by atoms with Crippen LogP contribution in [0.4, 0.5) is 0 Å². The Labute approximate surface area is 62.2 Å². The van der Waals surface area contributed by atoms with Crippen LogP contribution in [0, 0.1) is 0 Å². The van der Waals surface area contributed by atoms with Crippen LogP contribution in [0.15, 0.2) is 0 Å². The summed E-state index contributed by atoms with van der Waals surface area (Å²) in [6.45, 7) is 4.59. The van der Waals surface area contributed by atoms with Crippen molar-refractivity contribution in [2.24, 2.45) is 0 Å². The van der Waals surface area contributed by atoms with Crippen LogP contribution >= 0.6 is 0 Å². The van der Waals surface area contributed by atoms with Crippen molar-refractivity contribution in [3.63, 3.8) is 0 Å². The number of rotatable bonds is 1. The van der Waals surface area contributed by atoms with Crippen LogP contribution < -0.4 is 0 Å². The quantitative estimate of drug-likeness (QED) is 0.601. The zero-order valence-corrected chi connectivity index (χ0v) is 6.76. The van der Waals surface area contributed by atoms with Crippen molar-refractivity contribution in [2.45, 2.75) is 44.8 Å². The zero-order valence-electron chi connectivity index (χ0n) is 6.76. The maximum Gasteiger partial charge on any atom is 0.0909 e. The second kappa shape index (κ2) is 2.89. The standard InChI is InChI=1S/C8H16O2/c1-7(9)8(2)5-3-4-6-10-8/h7,9H,3-6H2,1-2H3. The summed E-state index contributed by atoms with van der Waals surface area (Å²) in [5.41, 5.74) is -0.266. The van der Waals surface area contributed by atoms with Gasteiger partial charge in [-0.3, -0.25) is 0 Å². The first-order chi connectivity index (χ1) is 4.65. The van der Waals surface area contributed by atoms with E-state index in [1.54, 1.807) is 6.92 Å². The highest BCUT2D eigenvalue weighted by molar-refractivity contribution is 4.83. The summed E-state index contributed by atoms with van der Waals surface area (Å²) in [6.07, 6.45) is 2.97. The van der Waals surface area contributed by atoms with E-state index in [4.69, 9.17) is 4.74 Å². The summed E-state index contributed by atoms with van der Waals surface area (Å²) in [5.74, 6) is 0. The van der Waals surface area contributed by atoms with Crippen molar-refractivity contribution in [3.05, 3.63) is 0 Å². The normalized spacial score (nSPS) is 37.5. The minimum atomic E-state index is -0.340. The van der Waals surface area contributed by atoms with Crippen LogP contribution in [0.2, 0.25) is 0 Å². The van der Waals surface area contributed by atoms with Gasteiger partial charge in [0, 0.05) is 6.61 Å². The van der Waals surface area contributed by atoms with Crippen LogP contribution in [-0.4, -0.2) is 23.4 Å². The Morgan fingerprint density at radius 2 is 2.20 bits per heavy atom. The molecule has 0 saturated carbocycles. The van der Waals surface area contributed by atoms with Crippen molar-refractivity contribution < 1.29 is 9.84 Å². The van der Waals surface area contributed by atoms with Crippen molar-refractivity contribution in [2.75, 3.05) is 6.61 Å². The van der Waals surface area contributed by atoms with E-state index >= 15 is 0 Å². The molecule has 1 aliphatic rings. The Morgan fingerprint density at radius 3 is 2.50 bits per heavy atom. The SMILES string of the molecule is CC(O)C1(C)CCCCO1. The van der Waals surface area contributed by atoms with E-state index in [1.165, 1.54) is 6.42 Å². The van der Waals surface area contributed by atoms with Gasteiger partial charge in [0.05, 0.1) is 11.7 Å². The van der Waals surface area contributed by atoms with E-state index in [2.05, 4.69) is 0 Å². The van der Waals surface area contributed by atoms with Crippen molar-refractivity contribution in [3.8, 4) is 0 Å². The van der Waals surface area contributed by atoms with Gasteiger partial charge < -0.3 is 9.84 Å². The molecule has 0 bridgehead atoms. The predicted molar refractivity (Wildman–Crippen MR) is 39.9 cm³/mol. The van der Waals surface area contributed by atoms with Crippen molar-refractivity contribution in [1.82, 2.24) is 0 Å². The van der Waals surface area contributed by atoms with Crippen LogP contribution in [0.1, 0.15) is 33.1 Å². The van der Waals surface area contributed by atoms with Gasteiger partial charge in [-0.15, -0.1) is 0 Å². The van der Waals surface area contributed by atoms with E-state index in [0.29, 0.717) is 0 Å². The monoisotopic (exact) mass is 144 g/mol. The summed E-state index contributed by atoms with van der Waals surface area (Å²) >= 11 is 0. The Hall–Kier alpha value is -0.0800. The van der Waals surface area contributed by atoms with Gasteiger partial charge in [0.2, 0.25) is 0 Å². The summed E-state index contributed by atoms with van der Waals surface area (Å²) in [7, 11) is 0. The molecule has 10 heavy (non-hydrogen) atoms. The van der Waals surface area contributed by atoms with Gasteiger partial charge in [-0.1, -0.05) is 0 Å². The minimum Gasteiger partial charge on any atom is -0.390 e. The molecule has 1 fully saturated rings. The lowest BCUT2D eigenvalue weighted by Gasteiger charge is -2.36. The highest BCUT2D eigenvalue weighted by atomic mass is 16.5. The van der Waals surface area contributed by atoms with E-state index in [-0.39, 0.29) is 11.7 Å². The molecule has 2 heteroatoms. The lowest BCUT2D eigenvalue weighted by atomic mass is 9.91. The van der Waals surface area contributed by atoms with Crippen LogP contribution in [-0.2, 0) is 4.74 Å². The van der Waals surface area contributed by atoms with E-state index in [0.717, 1.165) is 19.4 Å². The summed E-state index contributed by atoms with van der Waals surface area (Å²) in [5, 5.41) is 9.31.